The van der Waals surface area contributed by atoms with Gasteiger partial charge in [-0.25, -0.2) is 0 Å². The van der Waals surface area contributed by atoms with E-state index in [9.17, 15) is 4.79 Å². The van der Waals surface area contributed by atoms with E-state index >= 15 is 0 Å². The fourth-order valence-corrected chi connectivity index (χ4v) is 4.88. The molecule has 5 nitrogen and oxygen atoms in total. The van der Waals surface area contributed by atoms with Gasteiger partial charge in [0.2, 0.25) is 0 Å². The highest BCUT2D eigenvalue weighted by atomic mass is 16.5. The van der Waals surface area contributed by atoms with Gasteiger partial charge in [0, 0.05) is 10.9 Å². The van der Waals surface area contributed by atoms with Gasteiger partial charge in [0.05, 0.1) is 18.8 Å². The summed E-state index contributed by atoms with van der Waals surface area (Å²) >= 11 is 0. The van der Waals surface area contributed by atoms with E-state index in [2.05, 4.69) is 29.3 Å². The van der Waals surface area contributed by atoms with E-state index in [-0.39, 0.29) is 11.9 Å². The van der Waals surface area contributed by atoms with E-state index in [1.807, 2.05) is 67.6 Å². The van der Waals surface area contributed by atoms with Crippen LogP contribution >= 0.6 is 0 Å². The Hall–Kier alpha value is -3.57. The maximum atomic E-state index is 13.3. The van der Waals surface area contributed by atoms with E-state index < -0.39 is 0 Å². The third-order valence-corrected chi connectivity index (χ3v) is 7.04. The van der Waals surface area contributed by atoms with Crippen LogP contribution in [0.2, 0.25) is 0 Å². The van der Waals surface area contributed by atoms with E-state index in [0.717, 1.165) is 65.2 Å². The molecule has 180 valence electrons. The zero-order valence-electron chi connectivity index (χ0n) is 20.6. The minimum atomic E-state index is -0.140. The minimum Gasteiger partial charge on any atom is -0.497 e. The van der Waals surface area contributed by atoms with Crippen molar-refractivity contribution in [1.82, 2.24) is 4.90 Å². The molecule has 1 unspecified atom stereocenters. The van der Waals surface area contributed by atoms with Gasteiger partial charge in [-0.05, 0) is 80.7 Å². The van der Waals surface area contributed by atoms with Crippen LogP contribution in [0, 0.1) is 12.8 Å². The Kier molecular flexibility index (Phi) is 6.60. The number of nitrogens with one attached hydrogen (secondary N) is 1. The van der Waals surface area contributed by atoms with E-state index in [1.54, 1.807) is 7.11 Å². The van der Waals surface area contributed by atoms with Crippen molar-refractivity contribution in [3.8, 4) is 5.75 Å². The van der Waals surface area contributed by atoms with Gasteiger partial charge >= 0.3 is 0 Å². The molecule has 1 aliphatic heterocycles. The molecule has 5 rings (SSSR count). The highest BCUT2D eigenvalue weighted by Gasteiger charge is 2.32. The van der Waals surface area contributed by atoms with Crippen molar-refractivity contribution in [2.75, 3.05) is 25.5 Å². The van der Waals surface area contributed by atoms with Crippen molar-refractivity contribution < 1.29 is 13.9 Å². The number of hydrogen-bond donors (Lipinski definition) is 1. The van der Waals surface area contributed by atoms with Crippen LogP contribution in [0.4, 0.5) is 5.69 Å². The number of likely N-dealkylation sites (tertiary alicyclic amines) is 1. The molecule has 0 aliphatic carbocycles. The van der Waals surface area contributed by atoms with Crippen LogP contribution in [-0.2, 0) is 0 Å². The quantitative estimate of drug-likeness (QED) is 0.337. The van der Waals surface area contributed by atoms with Crippen LogP contribution in [0.1, 0.15) is 53.1 Å². The molecule has 1 atom stereocenters. The smallest absolute Gasteiger partial charge is 0.255 e. The minimum absolute atomic E-state index is 0.117. The first-order valence-electron chi connectivity index (χ1n) is 12.3. The highest BCUT2D eigenvalue weighted by Crippen LogP contribution is 2.42. The van der Waals surface area contributed by atoms with E-state index in [0.29, 0.717) is 11.5 Å². The van der Waals surface area contributed by atoms with Crippen LogP contribution in [0.25, 0.3) is 11.0 Å². The number of nitrogens with zero attached hydrogens (tertiary/aromatic N) is 1. The molecule has 1 aromatic heterocycles. The van der Waals surface area contributed by atoms with Crippen molar-refractivity contribution in [3.63, 3.8) is 0 Å². The summed E-state index contributed by atoms with van der Waals surface area (Å²) in [5, 5.41) is 4.12. The normalized spacial score (nSPS) is 15.7. The summed E-state index contributed by atoms with van der Waals surface area (Å²) < 4.78 is 11.9. The highest BCUT2D eigenvalue weighted by molar-refractivity contribution is 6.09. The molecule has 5 heteroatoms. The van der Waals surface area contributed by atoms with Crippen LogP contribution in [-0.4, -0.2) is 31.0 Å². The molecule has 35 heavy (non-hydrogen) atoms. The molecular formula is C30H32N2O3. The molecule has 0 saturated carbocycles. The second-order valence-electron chi connectivity index (χ2n) is 9.55. The molecule has 0 radical (unpaired) electrons. The van der Waals surface area contributed by atoms with Crippen LogP contribution in [0.15, 0.2) is 77.2 Å². The summed E-state index contributed by atoms with van der Waals surface area (Å²) in [5.74, 6) is 2.15. The SMILES string of the molecule is COc1ccc(C(c2oc3ccccc3c2NC(=O)c2ccc(C)cc2)N2CCC(C)CC2)cc1. The van der Waals surface area contributed by atoms with Gasteiger partial charge in [-0.1, -0.05) is 48.9 Å². The molecule has 1 amide bonds. The summed E-state index contributed by atoms with van der Waals surface area (Å²) in [6.07, 6.45) is 2.27. The number of ether oxygens (including phenoxy) is 1. The Morgan fingerprint density at radius 3 is 2.37 bits per heavy atom. The topological polar surface area (TPSA) is 54.7 Å². The van der Waals surface area contributed by atoms with Crippen LogP contribution in [0.5, 0.6) is 5.75 Å². The van der Waals surface area contributed by atoms with Gasteiger partial charge in [-0.3, -0.25) is 9.69 Å². The van der Waals surface area contributed by atoms with Gasteiger partial charge in [-0.15, -0.1) is 0 Å². The number of amides is 1. The van der Waals surface area contributed by atoms with E-state index in [1.165, 1.54) is 0 Å². The molecular weight excluding hydrogens is 436 g/mol. The Labute approximate surface area is 206 Å². The number of aryl methyl sites for hydroxylation is 1. The average Bonchev–Trinajstić information content (AvgIpc) is 3.24. The molecule has 0 spiro atoms. The van der Waals surface area contributed by atoms with Crippen molar-refractivity contribution in [1.29, 1.82) is 0 Å². The molecule has 3 aromatic carbocycles. The molecule has 1 N–H and O–H groups in total. The summed E-state index contributed by atoms with van der Waals surface area (Å²) in [7, 11) is 1.68. The number of rotatable bonds is 6. The average molecular weight is 469 g/mol. The van der Waals surface area contributed by atoms with Crippen molar-refractivity contribution in [2.24, 2.45) is 5.92 Å². The van der Waals surface area contributed by atoms with Crippen LogP contribution in [0.3, 0.4) is 0 Å². The second kappa shape index (κ2) is 9.96. The monoisotopic (exact) mass is 468 g/mol. The number of methoxy groups -OCH3 is 1. The zero-order valence-corrected chi connectivity index (χ0v) is 20.6. The lowest BCUT2D eigenvalue weighted by atomic mass is 9.94. The molecule has 0 bridgehead atoms. The maximum absolute atomic E-state index is 13.3. The lowest BCUT2D eigenvalue weighted by Crippen LogP contribution is -2.37. The fourth-order valence-electron chi connectivity index (χ4n) is 4.88. The number of furan rings is 1. The first kappa shape index (κ1) is 23.2. The van der Waals surface area contributed by atoms with Crippen molar-refractivity contribution >= 4 is 22.6 Å². The van der Waals surface area contributed by atoms with Gasteiger partial charge < -0.3 is 14.5 Å². The first-order chi connectivity index (χ1) is 17.0. The summed E-state index contributed by atoms with van der Waals surface area (Å²) in [5.41, 5.74) is 4.37. The number of para-hydroxylation sites is 1. The number of fused-ring (bicyclic) bond motifs is 1. The Balaban J connectivity index is 1.60. The Morgan fingerprint density at radius 2 is 1.69 bits per heavy atom. The molecule has 1 fully saturated rings. The van der Waals surface area contributed by atoms with Crippen molar-refractivity contribution in [2.45, 2.75) is 32.7 Å². The fraction of sp³-hybridized carbons (Fsp3) is 0.300. The predicted octanol–water partition coefficient (Wildman–Crippen LogP) is 6.82. The van der Waals surface area contributed by atoms with Gasteiger partial charge in [0.25, 0.3) is 5.91 Å². The van der Waals surface area contributed by atoms with Gasteiger partial charge in [0.15, 0.2) is 0 Å². The summed E-state index contributed by atoms with van der Waals surface area (Å²) in [6, 6.07) is 23.6. The standard InChI is InChI=1S/C30H32N2O3/c1-20-8-10-23(11-9-20)30(33)31-27-25-6-4-5-7-26(25)35-29(27)28(32-18-16-21(2)17-19-32)22-12-14-24(34-3)15-13-22/h4-15,21,28H,16-19H2,1-3H3,(H,31,33). The number of anilines is 1. The molecule has 1 aliphatic rings. The summed E-state index contributed by atoms with van der Waals surface area (Å²) in [6.45, 7) is 6.27. The van der Waals surface area contributed by atoms with E-state index in [4.69, 9.17) is 9.15 Å². The number of benzene rings is 3. The van der Waals surface area contributed by atoms with Crippen molar-refractivity contribution in [3.05, 3.63) is 95.2 Å². The third kappa shape index (κ3) is 4.82. The molecule has 2 heterocycles. The molecule has 4 aromatic rings. The number of carbonyl (C=O) groups excluding carboxylic acids is 1. The Morgan fingerprint density at radius 1 is 1.00 bits per heavy atom. The Bertz CT molecular complexity index is 1300. The predicted molar refractivity (Wildman–Crippen MR) is 140 cm³/mol. The largest absolute Gasteiger partial charge is 0.497 e. The summed E-state index contributed by atoms with van der Waals surface area (Å²) in [4.78, 5) is 15.8. The second-order valence-corrected chi connectivity index (χ2v) is 9.55. The first-order valence-corrected chi connectivity index (χ1v) is 12.3. The van der Waals surface area contributed by atoms with Crippen LogP contribution < -0.4 is 10.1 Å². The lowest BCUT2D eigenvalue weighted by Gasteiger charge is -2.36. The number of piperidine rings is 1. The molecule has 1 saturated heterocycles. The lowest BCUT2D eigenvalue weighted by molar-refractivity contribution is 0.102. The van der Waals surface area contributed by atoms with Gasteiger partial charge in [-0.2, -0.15) is 0 Å². The maximum Gasteiger partial charge on any atom is 0.255 e. The number of carbonyl (C=O) groups is 1. The zero-order chi connectivity index (χ0) is 24.4. The van der Waals surface area contributed by atoms with Gasteiger partial charge in [0.1, 0.15) is 17.1 Å². The third-order valence-electron chi connectivity index (χ3n) is 7.04. The number of hydrogen-bond acceptors (Lipinski definition) is 4.